The van der Waals surface area contributed by atoms with Crippen LogP contribution in [0.25, 0.3) is 10.9 Å². The van der Waals surface area contributed by atoms with Crippen LogP contribution in [0.5, 0.6) is 11.5 Å². The number of rotatable bonds is 20. The van der Waals surface area contributed by atoms with Crippen LogP contribution in [0.15, 0.2) is 138 Å². The van der Waals surface area contributed by atoms with Gasteiger partial charge < -0.3 is 44.5 Å². The van der Waals surface area contributed by atoms with Crippen LogP contribution in [0.3, 0.4) is 0 Å². The first-order chi connectivity index (χ1) is 33.1. The van der Waals surface area contributed by atoms with E-state index in [2.05, 4.69) is 15.6 Å². The lowest BCUT2D eigenvalue weighted by atomic mass is 9.83. The highest BCUT2D eigenvalue weighted by Gasteiger charge is 2.53. The number of carbonyl (C=O) groups excluding carboxylic acids is 3. The number of H-pyrrole nitrogens is 1. The molecular weight excluding hydrogens is 861 g/mol. The van der Waals surface area contributed by atoms with Gasteiger partial charge in [-0.2, -0.15) is 0 Å². The second-order valence-corrected chi connectivity index (χ2v) is 18.7. The number of phenols is 1. The smallest absolute Gasteiger partial charge is 0.408 e. The number of phenolic OH excluding ortho intramolecular Hbond substituents is 1. The van der Waals surface area contributed by atoms with E-state index in [0.29, 0.717) is 66.0 Å². The third-order valence-corrected chi connectivity index (χ3v) is 14.1. The van der Waals surface area contributed by atoms with Crippen LogP contribution in [0, 0.1) is 5.92 Å². The Morgan fingerprint density at radius 2 is 1.56 bits per heavy atom. The Bertz CT molecular complexity index is 2770. The maximum absolute atomic E-state index is 13.7. The number of fused-ring (bicyclic) bond motifs is 4. The minimum absolute atomic E-state index is 0.0539. The van der Waals surface area contributed by atoms with Gasteiger partial charge in [-0.15, -0.1) is 0 Å². The Morgan fingerprint density at radius 3 is 2.31 bits per heavy atom. The molecule has 5 aromatic carbocycles. The molecule has 4 aliphatic rings. The van der Waals surface area contributed by atoms with Crippen molar-refractivity contribution in [2.75, 3.05) is 45.9 Å². The first-order valence-electron chi connectivity index (χ1n) is 23.8. The van der Waals surface area contributed by atoms with Crippen LogP contribution >= 0.6 is 0 Å². The van der Waals surface area contributed by atoms with E-state index in [1.165, 1.54) is 12.1 Å². The summed E-state index contributed by atoms with van der Waals surface area (Å²) < 4.78 is 18.9. The number of esters is 1. The maximum atomic E-state index is 13.7. The summed E-state index contributed by atoms with van der Waals surface area (Å²) in [5.74, 6) is 0.773. The molecule has 4 heterocycles. The molecule has 1 amide bonds. The lowest BCUT2D eigenvalue weighted by Crippen LogP contribution is -2.66. The van der Waals surface area contributed by atoms with Gasteiger partial charge in [-0.1, -0.05) is 103 Å². The number of ether oxygens (including phenoxy) is 3. The molecule has 0 radical (unpaired) electrons. The van der Waals surface area contributed by atoms with Crippen molar-refractivity contribution in [2.45, 2.75) is 68.8 Å². The summed E-state index contributed by atoms with van der Waals surface area (Å²) in [4.78, 5) is 54.7. The molecule has 1 aliphatic carbocycles. The largest absolute Gasteiger partial charge is 0.506 e. The summed E-state index contributed by atoms with van der Waals surface area (Å²) in [6.07, 6.45) is 3.10. The number of benzene rings is 5. The van der Waals surface area contributed by atoms with Crippen LogP contribution in [-0.4, -0.2) is 89.5 Å². The zero-order valence-electron chi connectivity index (χ0n) is 38.1. The minimum Gasteiger partial charge on any atom is -0.506 e. The maximum Gasteiger partial charge on any atom is 0.408 e. The predicted molar refractivity (Wildman–Crippen MR) is 257 cm³/mol. The highest BCUT2D eigenvalue weighted by atomic mass is 16.6. The van der Waals surface area contributed by atoms with E-state index in [1.807, 2.05) is 109 Å². The standard InChI is InChI=1S/C55H58N4O9/c60-46-22-20-44(45-21-23-50(63)57-52(45)46)47(61)33-56-28-7-8-31-66-53(64)55(26-27-55)42-18-16-37(17-19-42)36-67-43-15-9-14-41(32-43)51(40-12-5-2-6-13-40)58-54(65)68-49-35-59(29-24-39(49)25-30-59)34-48(62)38-10-3-1-4-11-38/h1-6,9-23,32,39,47,49,51,56,61H,7-8,24-31,33-36H2,(H2-,57,58,60,63,65)/p+1/t39?,47-,49+,51?,59?/m1/s1. The van der Waals surface area contributed by atoms with Crippen LogP contribution in [0.1, 0.15) is 88.8 Å². The summed E-state index contributed by atoms with van der Waals surface area (Å²) in [6, 6.07) is 40.4. The number of aromatic hydroxyl groups is 1. The van der Waals surface area contributed by atoms with Crippen molar-refractivity contribution < 1.29 is 43.3 Å². The number of pyridine rings is 1. The number of quaternary nitrogens is 1. The molecule has 3 atom stereocenters. The fourth-order valence-electron chi connectivity index (χ4n) is 10.1. The van der Waals surface area contributed by atoms with E-state index < -0.39 is 23.7 Å². The number of aliphatic hydroxyl groups excluding tert-OH is 1. The molecule has 2 bridgehead atoms. The fraction of sp³-hybridized carbons (Fsp3) is 0.345. The molecule has 13 heteroatoms. The second-order valence-electron chi connectivity index (χ2n) is 18.7. The van der Waals surface area contributed by atoms with E-state index in [1.54, 1.807) is 12.1 Å². The topological polar surface area (TPSA) is 176 Å². The zero-order chi connectivity index (χ0) is 47.1. The van der Waals surface area contributed by atoms with E-state index in [4.69, 9.17) is 14.2 Å². The van der Waals surface area contributed by atoms with Gasteiger partial charge in [0.05, 0.1) is 42.8 Å². The molecule has 68 heavy (non-hydrogen) atoms. The van der Waals surface area contributed by atoms with Gasteiger partial charge in [0.25, 0.3) is 0 Å². The van der Waals surface area contributed by atoms with Crippen molar-refractivity contribution >= 4 is 28.7 Å². The van der Waals surface area contributed by atoms with Crippen molar-refractivity contribution in [2.24, 2.45) is 5.92 Å². The molecular formula is C55H59N4O9+. The summed E-state index contributed by atoms with van der Waals surface area (Å²) in [5.41, 5.74) is 4.27. The molecule has 1 aromatic heterocycles. The number of nitrogens with zero attached hydrogens (tertiary/aromatic N) is 1. The Balaban J connectivity index is 0.740. The van der Waals surface area contributed by atoms with Gasteiger partial charge in [0.2, 0.25) is 11.3 Å². The highest BCUT2D eigenvalue weighted by Crippen LogP contribution is 2.49. The number of aromatic nitrogens is 1. The molecule has 0 spiro atoms. The van der Waals surface area contributed by atoms with Crippen molar-refractivity contribution in [1.29, 1.82) is 0 Å². The van der Waals surface area contributed by atoms with Crippen LogP contribution in [0.4, 0.5) is 4.79 Å². The zero-order valence-corrected chi connectivity index (χ0v) is 38.1. The van der Waals surface area contributed by atoms with Crippen molar-refractivity contribution in [3.8, 4) is 11.5 Å². The van der Waals surface area contributed by atoms with Gasteiger partial charge in [-0.05, 0) is 84.3 Å². The summed E-state index contributed by atoms with van der Waals surface area (Å²) in [7, 11) is 0. The number of piperidine rings is 3. The number of ketones is 1. The van der Waals surface area contributed by atoms with E-state index >= 15 is 0 Å². The number of hydrogen-bond donors (Lipinski definition) is 5. The van der Waals surface area contributed by atoms with Crippen LogP contribution in [0.2, 0.25) is 0 Å². The molecule has 352 valence electrons. The Morgan fingerprint density at radius 1 is 0.824 bits per heavy atom. The van der Waals surface area contributed by atoms with Gasteiger partial charge in [-0.25, -0.2) is 4.79 Å². The Kier molecular flexibility index (Phi) is 14.0. The number of nitrogens with one attached hydrogen (secondary N) is 3. The average Bonchev–Trinajstić information content (AvgIpc) is 4.18. The molecule has 10 rings (SSSR count). The van der Waals surface area contributed by atoms with Crippen LogP contribution in [-0.2, 0) is 26.3 Å². The van der Waals surface area contributed by atoms with Gasteiger partial charge in [0, 0.05) is 42.3 Å². The van der Waals surface area contributed by atoms with E-state index in [0.717, 1.165) is 73.0 Å². The van der Waals surface area contributed by atoms with E-state index in [-0.39, 0.29) is 41.6 Å². The monoisotopic (exact) mass is 919 g/mol. The summed E-state index contributed by atoms with van der Waals surface area (Å²) in [6.45, 7) is 4.36. The number of alkyl carbamates (subject to hydrolysis) is 1. The number of aliphatic hydroxyl groups is 1. The molecule has 6 aromatic rings. The molecule has 1 unspecified atom stereocenters. The quantitative estimate of drug-likeness (QED) is 0.0220. The first kappa shape index (κ1) is 46.3. The number of carbonyl (C=O) groups is 3. The summed E-state index contributed by atoms with van der Waals surface area (Å²) >= 11 is 0. The van der Waals surface area contributed by atoms with Crippen molar-refractivity contribution in [1.82, 2.24) is 15.6 Å². The van der Waals surface area contributed by atoms with Crippen LogP contribution < -0.4 is 20.9 Å². The third kappa shape index (κ3) is 10.7. The Hall–Kier alpha value is -6.80. The average molecular weight is 920 g/mol. The van der Waals surface area contributed by atoms with Gasteiger partial charge in [0.15, 0.2) is 6.10 Å². The lowest BCUT2D eigenvalue weighted by Gasteiger charge is -2.51. The van der Waals surface area contributed by atoms with Crippen molar-refractivity contribution in [3.63, 3.8) is 0 Å². The lowest BCUT2D eigenvalue weighted by molar-refractivity contribution is -0.938. The van der Waals surface area contributed by atoms with Gasteiger partial charge in [0.1, 0.15) is 31.2 Å². The third-order valence-electron chi connectivity index (χ3n) is 14.1. The highest BCUT2D eigenvalue weighted by molar-refractivity contribution is 5.97. The second kappa shape index (κ2) is 20.6. The molecule has 5 N–H and O–H groups in total. The Labute approximate surface area is 395 Å². The molecule has 3 aliphatic heterocycles. The van der Waals surface area contributed by atoms with Gasteiger partial charge >= 0.3 is 12.1 Å². The molecule has 4 fully saturated rings. The molecule has 3 saturated heterocycles. The van der Waals surface area contributed by atoms with Gasteiger partial charge in [-0.3, -0.25) is 14.4 Å². The number of hydrogen-bond acceptors (Lipinski definition) is 10. The molecule has 1 saturated carbocycles. The SMILES string of the molecule is O=C(NC(c1ccccc1)c1cccc(OCc2ccc(C3(C(=O)OCCCCNC[C@@H](O)c4ccc(O)c5[nH]c(=O)ccc45)CC3)cc2)c1)O[C@H]1C[N+]2(CC(=O)c3ccccc3)CCC1CC2. The number of aromatic amines is 1. The summed E-state index contributed by atoms with van der Waals surface area (Å²) in [5, 5.41) is 27.9. The normalized spacial score (nSPS) is 20.0. The predicted octanol–water partition coefficient (Wildman–Crippen LogP) is 7.80. The van der Waals surface area contributed by atoms with E-state index in [9.17, 15) is 29.4 Å². The number of amides is 1. The first-order valence-corrected chi connectivity index (χ1v) is 23.8. The number of Topliss-reactive ketones (excluding diaryl/α,β-unsaturated/α-hetero) is 1. The van der Waals surface area contributed by atoms with Crippen molar-refractivity contribution in [3.05, 3.63) is 177 Å². The fourth-order valence-corrected chi connectivity index (χ4v) is 10.1. The molecule has 13 nitrogen and oxygen atoms in total. The number of unbranched alkanes of at least 4 members (excludes halogenated alkanes) is 1. The minimum atomic E-state index is -0.845.